The Kier molecular flexibility index (Phi) is 3.06. The van der Waals surface area contributed by atoms with Gasteiger partial charge in [0.2, 0.25) is 0 Å². The molecule has 0 unspecified atom stereocenters. The van der Waals surface area contributed by atoms with Crippen LogP contribution < -0.4 is 5.56 Å². The Balaban J connectivity index is 2.24. The van der Waals surface area contributed by atoms with Gasteiger partial charge in [0.05, 0.1) is 10.6 Å². The van der Waals surface area contributed by atoms with Gasteiger partial charge in [-0.3, -0.25) is 9.36 Å². The van der Waals surface area contributed by atoms with Crippen molar-refractivity contribution in [2.45, 2.75) is 23.5 Å². The molecule has 1 N–H and O–H groups in total. The van der Waals surface area contributed by atoms with E-state index < -0.39 is 0 Å². The number of rotatable bonds is 1. The highest BCUT2D eigenvalue weighted by atomic mass is 32.2. The minimum Gasteiger partial charge on any atom is -0.334 e. The molecule has 1 aliphatic heterocycles. The van der Waals surface area contributed by atoms with Crippen molar-refractivity contribution in [2.24, 2.45) is 0 Å². The number of H-pyrrole nitrogens is 1. The van der Waals surface area contributed by atoms with Crippen LogP contribution in [-0.2, 0) is 6.42 Å². The Bertz CT molecular complexity index is 749. The van der Waals surface area contributed by atoms with E-state index in [0.717, 1.165) is 12.1 Å². The van der Waals surface area contributed by atoms with Crippen LogP contribution in [0.5, 0.6) is 0 Å². The van der Waals surface area contributed by atoms with E-state index in [2.05, 4.69) is 11.9 Å². The second-order valence-electron chi connectivity index (χ2n) is 4.49. The van der Waals surface area contributed by atoms with Crippen LogP contribution in [0, 0.1) is 10.6 Å². The van der Waals surface area contributed by atoms with E-state index in [9.17, 15) is 9.18 Å². The van der Waals surface area contributed by atoms with Gasteiger partial charge in [-0.15, -0.1) is 11.8 Å². The van der Waals surface area contributed by atoms with Gasteiger partial charge in [0.1, 0.15) is 5.82 Å². The van der Waals surface area contributed by atoms with E-state index in [1.54, 1.807) is 23.9 Å². The lowest BCUT2D eigenvalue weighted by Crippen LogP contribution is -2.22. The van der Waals surface area contributed by atoms with Crippen molar-refractivity contribution in [1.29, 1.82) is 0 Å². The van der Waals surface area contributed by atoms with Gasteiger partial charge < -0.3 is 4.98 Å². The summed E-state index contributed by atoms with van der Waals surface area (Å²) < 4.78 is 14.7. The van der Waals surface area contributed by atoms with E-state index in [0.29, 0.717) is 20.6 Å². The fourth-order valence-electron chi connectivity index (χ4n) is 2.18. The van der Waals surface area contributed by atoms with Crippen LogP contribution in [0.25, 0.3) is 5.69 Å². The third kappa shape index (κ3) is 2.15. The van der Waals surface area contributed by atoms with Gasteiger partial charge in [0.25, 0.3) is 5.56 Å². The summed E-state index contributed by atoms with van der Waals surface area (Å²) in [6, 6.07) is 5.74. The molecule has 2 heterocycles. The first kappa shape index (κ1) is 12.6. The van der Waals surface area contributed by atoms with Gasteiger partial charge in [-0.2, -0.15) is 0 Å². The maximum Gasteiger partial charge on any atom is 0.272 e. The highest BCUT2D eigenvalue weighted by Crippen LogP contribution is 2.32. The van der Waals surface area contributed by atoms with Gasteiger partial charge >= 0.3 is 0 Å². The van der Waals surface area contributed by atoms with E-state index in [1.807, 2.05) is 0 Å². The molecule has 1 atom stereocenters. The highest BCUT2D eigenvalue weighted by Gasteiger charge is 2.24. The van der Waals surface area contributed by atoms with Crippen molar-refractivity contribution in [3.8, 4) is 5.69 Å². The minimum atomic E-state index is -0.337. The summed E-state index contributed by atoms with van der Waals surface area (Å²) in [5.41, 5.74) is 1.36. The van der Waals surface area contributed by atoms with E-state index in [-0.39, 0.29) is 11.4 Å². The van der Waals surface area contributed by atoms with Crippen molar-refractivity contribution >= 4 is 24.0 Å². The molecule has 2 aromatic rings. The molecule has 1 aromatic carbocycles. The topological polar surface area (TPSA) is 37.8 Å². The van der Waals surface area contributed by atoms with Crippen LogP contribution in [0.4, 0.5) is 4.39 Å². The molecule has 0 saturated carbocycles. The fraction of sp³-hybridized carbons (Fsp3) is 0.231. The molecule has 0 radical (unpaired) electrons. The zero-order chi connectivity index (χ0) is 13.6. The monoisotopic (exact) mass is 294 g/mol. The summed E-state index contributed by atoms with van der Waals surface area (Å²) in [7, 11) is 0. The SMILES string of the molecule is C[C@H]1Cc2[nH]c(=S)n(-c3ccc(F)cc3)c(=O)c2S1. The summed E-state index contributed by atoms with van der Waals surface area (Å²) in [5.74, 6) is -0.337. The van der Waals surface area contributed by atoms with Gasteiger partial charge in [-0.1, -0.05) is 6.92 Å². The second-order valence-corrected chi connectivity index (χ2v) is 6.32. The van der Waals surface area contributed by atoms with Crippen LogP contribution in [0.3, 0.4) is 0 Å². The zero-order valence-corrected chi connectivity index (χ0v) is 11.8. The molecule has 0 bridgehead atoms. The Morgan fingerprint density at radius 2 is 2.11 bits per heavy atom. The number of aromatic nitrogens is 2. The number of nitrogens with one attached hydrogen (secondary N) is 1. The van der Waals surface area contributed by atoms with Crippen molar-refractivity contribution in [3.05, 3.63) is 50.9 Å². The first-order chi connectivity index (χ1) is 9.06. The van der Waals surface area contributed by atoms with Crippen molar-refractivity contribution in [3.63, 3.8) is 0 Å². The summed E-state index contributed by atoms with van der Waals surface area (Å²) in [6.07, 6.45) is 0.823. The molecule has 6 heteroatoms. The smallest absolute Gasteiger partial charge is 0.272 e. The molecule has 0 fully saturated rings. The number of fused-ring (bicyclic) bond motifs is 1. The summed E-state index contributed by atoms with van der Waals surface area (Å²) in [6.45, 7) is 2.07. The molecule has 0 saturated heterocycles. The Morgan fingerprint density at radius 3 is 2.79 bits per heavy atom. The molecule has 0 spiro atoms. The minimum absolute atomic E-state index is 0.125. The molecule has 1 aliphatic rings. The van der Waals surface area contributed by atoms with E-state index in [1.165, 1.54) is 16.7 Å². The number of aromatic amines is 1. The molecule has 3 rings (SSSR count). The Hall–Kier alpha value is -1.40. The molecule has 3 nitrogen and oxygen atoms in total. The first-order valence-electron chi connectivity index (χ1n) is 5.87. The van der Waals surface area contributed by atoms with Crippen molar-refractivity contribution < 1.29 is 4.39 Å². The Labute approximate surface area is 118 Å². The number of thioether (sulfide) groups is 1. The van der Waals surface area contributed by atoms with Crippen LogP contribution in [0.1, 0.15) is 12.6 Å². The van der Waals surface area contributed by atoms with Crippen LogP contribution in [-0.4, -0.2) is 14.8 Å². The van der Waals surface area contributed by atoms with Gasteiger partial charge in [0, 0.05) is 17.4 Å². The standard InChI is InChI=1S/C13H11FN2OS2/c1-7-6-10-11(19-7)12(17)16(13(18)15-10)9-4-2-8(14)3-5-9/h2-5,7H,6H2,1H3,(H,15,18)/t7-/m0/s1. The largest absolute Gasteiger partial charge is 0.334 e. The van der Waals surface area contributed by atoms with Crippen LogP contribution in [0.15, 0.2) is 34.0 Å². The molecule has 98 valence electrons. The number of hydrogen-bond acceptors (Lipinski definition) is 3. The maximum atomic E-state index is 12.9. The number of nitrogens with zero attached hydrogens (tertiary/aromatic N) is 1. The molecule has 19 heavy (non-hydrogen) atoms. The quantitative estimate of drug-likeness (QED) is 0.821. The number of hydrogen-bond donors (Lipinski definition) is 1. The van der Waals surface area contributed by atoms with Crippen LogP contribution in [0.2, 0.25) is 0 Å². The average Bonchev–Trinajstić information content (AvgIpc) is 2.72. The van der Waals surface area contributed by atoms with Crippen LogP contribution >= 0.6 is 24.0 Å². The van der Waals surface area contributed by atoms with E-state index >= 15 is 0 Å². The van der Waals surface area contributed by atoms with Gasteiger partial charge in [-0.25, -0.2) is 4.39 Å². The number of benzene rings is 1. The van der Waals surface area contributed by atoms with E-state index in [4.69, 9.17) is 12.2 Å². The lowest BCUT2D eigenvalue weighted by atomic mass is 10.2. The highest BCUT2D eigenvalue weighted by molar-refractivity contribution is 8.00. The third-order valence-corrected chi connectivity index (χ3v) is 4.54. The molecule has 1 aromatic heterocycles. The summed E-state index contributed by atoms with van der Waals surface area (Å²) in [5, 5.41) is 0.373. The lowest BCUT2D eigenvalue weighted by molar-refractivity contribution is 0.627. The van der Waals surface area contributed by atoms with Crippen molar-refractivity contribution in [1.82, 2.24) is 9.55 Å². The molecule has 0 amide bonds. The summed E-state index contributed by atoms with van der Waals surface area (Å²) >= 11 is 6.79. The predicted octanol–water partition coefficient (Wildman–Crippen LogP) is 3.07. The molecular weight excluding hydrogens is 283 g/mol. The third-order valence-electron chi connectivity index (χ3n) is 3.03. The zero-order valence-electron chi connectivity index (χ0n) is 10.1. The van der Waals surface area contributed by atoms with Gasteiger partial charge in [-0.05, 0) is 36.5 Å². The van der Waals surface area contributed by atoms with Crippen molar-refractivity contribution in [2.75, 3.05) is 0 Å². The first-order valence-corrected chi connectivity index (χ1v) is 7.16. The maximum absolute atomic E-state index is 12.9. The second kappa shape index (κ2) is 4.61. The lowest BCUT2D eigenvalue weighted by Gasteiger charge is -2.08. The number of halogens is 1. The average molecular weight is 294 g/mol. The van der Waals surface area contributed by atoms with Gasteiger partial charge in [0.15, 0.2) is 4.77 Å². The fourth-order valence-corrected chi connectivity index (χ4v) is 3.62. The summed E-state index contributed by atoms with van der Waals surface area (Å²) in [4.78, 5) is 16.3. The molecular formula is C13H11FN2OS2. The normalized spacial score (nSPS) is 17.5. The molecule has 0 aliphatic carbocycles. The Morgan fingerprint density at radius 1 is 1.42 bits per heavy atom. The predicted molar refractivity (Wildman–Crippen MR) is 76.2 cm³/mol.